The molecule has 0 unspecified atom stereocenters. The molecule has 2 aromatic rings. The van der Waals surface area contributed by atoms with E-state index < -0.39 is 20.7 Å². The van der Waals surface area contributed by atoms with Crippen LogP contribution in [0.1, 0.15) is 18.7 Å². The Labute approximate surface area is 128 Å². The summed E-state index contributed by atoms with van der Waals surface area (Å²) in [6.45, 7) is 3.70. The topological polar surface area (TPSA) is 63.4 Å². The van der Waals surface area contributed by atoms with Gasteiger partial charge in [-0.05, 0) is 37.4 Å². The maximum atomic E-state index is 14.0. The van der Waals surface area contributed by atoms with E-state index in [1.54, 1.807) is 13.8 Å². The second-order valence-electron chi connectivity index (χ2n) is 4.88. The Hall–Kier alpha value is -1.44. The first kappa shape index (κ1) is 15.9. The van der Waals surface area contributed by atoms with Crippen LogP contribution in [0.5, 0.6) is 0 Å². The van der Waals surface area contributed by atoms with Gasteiger partial charge < -0.3 is 5.73 Å². The largest absolute Gasteiger partial charge is 0.398 e. The fourth-order valence-corrected chi connectivity index (χ4v) is 4.58. The highest BCUT2D eigenvalue weighted by Crippen LogP contribution is 2.28. The Kier molecular flexibility index (Phi) is 4.65. The molecule has 0 amide bonds. The summed E-state index contributed by atoms with van der Waals surface area (Å²) in [4.78, 5) is 0.442. The minimum Gasteiger partial charge on any atom is -0.398 e. The molecule has 114 valence electrons. The maximum absolute atomic E-state index is 14.0. The lowest BCUT2D eigenvalue weighted by Crippen LogP contribution is -2.37. The van der Waals surface area contributed by atoms with Crippen LogP contribution in [0.25, 0.3) is 0 Å². The summed E-state index contributed by atoms with van der Waals surface area (Å²) >= 11 is 1.46. The third kappa shape index (κ3) is 3.25. The SMILES string of the molecule is CC(C)N(Cc1cccs1)S(=O)(=O)c1c(N)cccc1F. The molecule has 0 fully saturated rings. The van der Waals surface area contributed by atoms with Crippen LogP contribution >= 0.6 is 11.3 Å². The zero-order valence-electron chi connectivity index (χ0n) is 11.8. The summed E-state index contributed by atoms with van der Waals surface area (Å²) in [6.07, 6.45) is 0. The average Bonchev–Trinajstić information content (AvgIpc) is 2.87. The lowest BCUT2D eigenvalue weighted by atomic mass is 10.3. The minimum atomic E-state index is -4.00. The molecule has 1 aromatic heterocycles. The van der Waals surface area contributed by atoms with Crippen molar-refractivity contribution in [1.29, 1.82) is 0 Å². The van der Waals surface area contributed by atoms with Crippen LogP contribution in [0.2, 0.25) is 0 Å². The minimum absolute atomic E-state index is 0.0770. The van der Waals surface area contributed by atoms with Crippen LogP contribution in [0, 0.1) is 5.82 Å². The predicted octanol–water partition coefficient (Wildman–Crippen LogP) is 3.07. The van der Waals surface area contributed by atoms with Crippen LogP contribution in [-0.2, 0) is 16.6 Å². The van der Waals surface area contributed by atoms with Gasteiger partial charge in [-0.1, -0.05) is 12.1 Å². The van der Waals surface area contributed by atoms with Gasteiger partial charge in [0.1, 0.15) is 10.7 Å². The monoisotopic (exact) mass is 328 g/mol. The predicted molar refractivity (Wildman–Crippen MR) is 83.0 cm³/mol. The fourth-order valence-electron chi connectivity index (χ4n) is 2.02. The molecule has 0 aliphatic heterocycles. The van der Waals surface area contributed by atoms with Crippen LogP contribution in [0.15, 0.2) is 40.6 Å². The van der Waals surface area contributed by atoms with Gasteiger partial charge in [-0.15, -0.1) is 11.3 Å². The van der Waals surface area contributed by atoms with E-state index >= 15 is 0 Å². The Bertz CT molecular complexity index is 692. The van der Waals surface area contributed by atoms with Crippen molar-refractivity contribution in [3.8, 4) is 0 Å². The Morgan fingerprint density at radius 3 is 2.52 bits per heavy atom. The van der Waals surface area contributed by atoms with Crippen LogP contribution < -0.4 is 5.73 Å². The van der Waals surface area contributed by atoms with Crippen molar-refractivity contribution in [2.24, 2.45) is 0 Å². The van der Waals surface area contributed by atoms with E-state index in [-0.39, 0.29) is 18.3 Å². The summed E-state index contributed by atoms with van der Waals surface area (Å²) < 4.78 is 40.7. The van der Waals surface area contributed by atoms with Gasteiger partial charge in [-0.25, -0.2) is 12.8 Å². The number of rotatable bonds is 5. The molecule has 0 spiro atoms. The van der Waals surface area contributed by atoms with Gasteiger partial charge in [0.25, 0.3) is 0 Å². The fraction of sp³-hybridized carbons (Fsp3) is 0.286. The number of benzene rings is 1. The number of thiophene rings is 1. The zero-order valence-corrected chi connectivity index (χ0v) is 13.4. The molecule has 0 aliphatic carbocycles. The van der Waals surface area contributed by atoms with E-state index in [9.17, 15) is 12.8 Å². The first-order valence-electron chi connectivity index (χ1n) is 6.42. The van der Waals surface area contributed by atoms with Crippen LogP contribution in [-0.4, -0.2) is 18.8 Å². The number of nitrogens with two attached hydrogens (primary N) is 1. The highest BCUT2D eigenvalue weighted by Gasteiger charge is 2.31. The summed E-state index contributed by atoms with van der Waals surface area (Å²) in [5, 5.41) is 1.87. The Balaban J connectivity index is 2.48. The summed E-state index contributed by atoms with van der Waals surface area (Å²) in [6, 6.07) is 7.27. The second kappa shape index (κ2) is 6.13. The van der Waals surface area contributed by atoms with Gasteiger partial charge in [-0.2, -0.15) is 4.31 Å². The molecule has 2 rings (SSSR count). The van der Waals surface area contributed by atoms with E-state index in [2.05, 4.69) is 0 Å². The van der Waals surface area contributed by atoms with Crippen molar-refractivity contribution in [2.45, 2.75) is 31.3 Å². The number of hydrogen-bond donors (Lipinski definition) is 1. The van der Waals surface area contributed by atoms with Gasteiger partial charge in [-0.3, -0.25) is 0 Å². The molecule has 0 aliphatic rings. The number of sulfonamides is 1. The third-order valence-corrected chi connectivity index (χ3v) is 6.01. The van der Waals surface area contributed by atoms with Crippen molar-refractivity contribution in [3.63, 3.8) is 0 Å². The highest BCUT2D eigenvalue weighted by atomic mass is 32.2. The van der Waals surface area contributed by atoms with Crippen molar-refractivity contribution >= 4 is 27.0 Å². The standard InChI is InChI=1S/C14H17FN2O2S2/c1-10(2)17(9-11-5-4-8-20-11)21(18,19)14-12(15)6-3-7-13(14)16/h3-8,10H,9,16H2,1-2H3. The summed E-state index contributed by atoms with van der Waals surface area (Å²) in [7, 11) is -4.00. The molecule has 4 nitrogen and oxygen atoms in total. The Morgan fingerprint density at radius 1 is 1.29 bits per heavy atom. The molecule has 7 heteroatoms. The molecule has 0 atom stereocenters. The molecular weight excluding hydrogens is 311 g/mol. The average molecular weight is 328 g/mol. The van der Waals surface area contributed by atoms with E-state index in [4.69, 9.17) is 5.73 Å². The number of hydrogen-bond acceptors (Lipinski definition) is 4. The second-order valence-corrected chi connectivity index (χ2v) is 7.74. The lowest BCUT2D eigenvalue weighted by Gasteiger charge is -2.26. The van der Waals surface area contributed by atoms with Crippen molar-refractivity contribution in [1.82, 2.24) is 4.31 Å². The molecule has 1 aromatic carbocycles. The first-order valence-corrected chi connectivity index (χ1v) is 8.74. The Morgan fingerprint density at radius 2 is 2.00 bits per heavy atom. The highest BCUT2D eigenvalue weighted by molar-refractivity contribution is 7.89. The molecule has 0 bridgehead atoms. The molecule has 21 heavy (non-hydrogen) atoms. The number of halogens is 1. The normalized spacial score (nSPS) is 12.2. The van der Waals surface area contributed by atoms with Gasteiger partial charge >= 0.3 is 0 Å². The van der Waals surface area contributed by atoms with Gasteiger partial charge in [0.15, 0.2) is 0 Å². The van der Waals surface area contributed by atoms with Crippen LogP contribution in [0.3, 0.4) is 0 Å². The van der Waals surface area contributed by atoms with Crippen molar-refractivity contribution < 1.29 is 12.8 Å². The van der Waals surface area contributed by atoms with E-state index in [0.29, 0.717) is 0 Å². The van der Waals surface area contributed by atoms with Crippen molar-refractivity contribution in [3.05, 3.63) is 46.4 Å². The number of nitrogens with zero attached hydrogens (tertiary/aromatic N) is 1. The quantitative estimate of drug-likeness (QED) is 0.858. The van der Waals surface area contributed by atoms with Gasteiger partial charge in [0.05, 0.1) is 5.69 Å². The summed E-state index contributed by atoms with van der Waals surface area (Å²) in [5.74, 6) is -0.827. The molecule has 2 N–H and O–H groups in total. The van der Waals surface area contributed by atoms with Gasteiger partial charge in [0, 0.05) is 17.5 Å². The summed E-state index contributed by atoms with van der Waals surface area (Å²) in [5.41, 5.74) is 5.60. The molecule has 0 radical (unpaired) electrons. The van der Waals surface area contributed by atoms with E-state index in [1.807, 2.05) is 17.5 Å². The molecule has 0 saturated carbocycles. The first-order chi connectivity index (χ1) is 9.84. The van der Waals surface area contributed by atoms with Crippen LogP contribution in [0.4, 0.5) is 10.1 Å². The zero-order chi connectivity index (χ0) is 15.6. The third-order valence-electron chi connectivity index (χ3n) is 3.03. The smallest absolute Gasteiger partial charge is 0.248 e. The number of anilines is 1. The molecular formula is C14H17FN2O2S2. The van der Waals surface area contributed by atoms with E-state index in [0.717, 1.165) is 10.9 Å². The maximum Gasteiger partial charge on any atom is 0.248 e. The molecule has 0 saturated heterocycles. The van der Waals surface area contributed by atoms with Crippen molar-refractivity contribution in [2.75, 3.05) is 5.73 Å². The van der Waals surface area contributed by atoms with Gasteiger partial charge in [0.2, 0.25) is 10.0 Å². The molecule has 1 heterocycles. The number of nitrogen functional groups attached to an aromatic ring is 1. The lowest BCUT2D eigenvalue weighted by molar-refractivity contribution is 0.349. The van der Waals surface area contributed by atoms with E-state index in [1.165, 1.54) is 27.8 Å².